The summed E-state index contributed by atoms with van der Waals surface area (Å²) >= 11 is 0. The smallest absolute Gasteiger partial charge is 0.354 e. The Kier molecular flexibility index (Phi) is 10.7. The summed E-state index contributed by atoms with van der Waals surface area (Å²) in [6.07, 6.45) is -14.4. The number of fused-ring (bicyclic) bond motifs is 8. The van der Waals surface area contributed by atoms with Crippen molar-refractivity contribution >= 4 is 22.3 Å². The second kappa shape index (κ2) is 14.9. The lowest BCUT2D eigenvalue weighted by atomic mass is 9.98. The number of aromatic nitrogens is 4. The molecule has 8 bridgehead atoms. The molecule has 7 rings (SSSR count). The van der Waals surface area contributed by atoms with Gasteiger partial charge in [0.15, 0.2) is 46.5 Å². The van der Waals surface area contributed by atoms with E-state index >= 15 is 35.1 Å². The number of aromatic amines is 4. The van der Waals surface area contributed by atoms with Crippen LogP contribution in [-0.2, 0) is 0 Å². The van der Waals surface area contributed by atoms with Gasteiger partial charge in [0, 0.05) is 33.2 Å². The van der Waals surface area contributed by atoms with Gasteiger partial charge in [-0.25, -0.2) is 43.9 Å². The molecule has 5 heterocycles. The summed E-state index contributed by atoms with van der Waals surface area (Å²) in [5.41, 5.74) is -19.4. The van der Waals surface area contributed by atoms with Crippen LogP contribution in [0, 0.1) is 58.2 Å². The zero-order valence-electron chi connectivity index (χ0n) is 30.7. The van der Waals surface area contributed by atoms with Crippen molar-refractivity contribution in [2.24, 2.45) is 0 Å². The van der Waals surface area contributed by atoms with Crippen molar-refractivity contribution in [2.45, 2.75) is 36.0 Å². The molecule has 4 nitrogen and oxygen atoms in total. The van der Waals surface area contributed by atoms with Gasteiger partial charge >= 0.3 is 36.0 Å². The Balaban J connectivity index is 1.79. The highest BCUT2D eigenvalue weighted by atomic mass is 19.4. The molecule has 4 aromatic heterocycles. The molecule has 0 aliphatic carbocycles. The topological polar surface area (TPSA) is 63.2 Å². The van der Waals surface area contributed by atoms with Crippen molar-refractivity contribution in [3.63, 3.8) is 0 Å². The fourth-order valence-corrected chi connectivity index (χ4v) is 6.86. The van der Waals surface area contributed by atoms with Gasteiger partial charge in [0.25, 0.3) is 0 Å². The van der Waals surface area contributed by atoms with Gasteiger partial charge in [-0.05, 0) is 48.5 Å². The van der Waals surface area contributed by atoms with E-state index in [0.29, 0.717) is 0 Å². The van der Waals surface area contributed by atoms with E-state index in [1.165, 1.54) is 0 Å². The molecule has 0 radical (unpaired) electrons. The molecular weight excluding hydrogens is 968 g/mol. The minimum atomic E-state index is -7.20. The monoisotopic (exact) mass is 980 g/mol. The molecule has 66 heavy (non-hydrogen) atoms. The number of hydrogen-bond donors (Lipinski definition) is 4. The van der Waals surface area contributed by atoms with Crippen molar-refractivity contribution < 1.29 is 105 Å². The second-order valence-corrected chi connectivity index (χ2v) is 13.8. The number of alkyl halides is 14. The third-order valence-corrected chi connectivity index (χ3v) is 9.95. The van der Waals surface area contributed by atoms with Crippen molar-refractivity contribution in [2.75, 3.05) is 0 Å². The molecule has 0 unspecified atom stereocenters. The van der Waals surface area contributed by atoms with Crippen molar-refractivity contribution in [1.82, 2.24) is 19.9 Å². The number of hydrogen-bond acceptors (Lipinski definition) is 0. The van der Waals surface area contributed by atoms with Crippen LogP contribution in [0.2, 0.25) is 0 Å². The van der Waals surface area contributed by atoms with Gasteiger partial charge in [0.2, 0.25) is 11.6 Å². The number of nitrogens with one attached hydrogen (secondary N) is 4. The Labute approximate surface area is 345 Å². The Morgan fingerprint density at radius 2 is 0.515 bits per heavy atom. The van der Waals surface area contributed by atoms with Crippen molar-refractivity contribution in [3.05, 3.63) is 162 Å². The van der Waals surface area contributed by atoms with Crippen molar-refractivity contribution in [3.8, 4) is 0 Å². The summed E-state index contributed by atoms with van der Waals surface area (Å²) < 4.78 is 355. The van der Waals surface area contributed by atoms with E-state index in [1.54, 1.807) is 19.9 Å². The number of halogens is 24. The maximum atomic E-state index is 16.0. The first kappa shape index (κ1) is 47.3. The van der Waals surface area contributed by atoms with Gasteiger partial charge in [-0.1, -0.05) is 0 Å². The van der Waals surface area contributed by atoms with Crippen LogP contribution in [0.25, 0.3) is 22.3 Å². The molecule has 0 saturated carbocycles. The van der Waals surface area contributed by atoms with E-state index in [-0.39, 0.29) is 48.5 Å². The molecule has 0 amide bonds. The summed E-state index contributed by atoms with van der Waals surface area (Å²) in [4.78, 5) is 6.53. The normalized spacial score (nSPS) is 14.5. The largest absolute Gasteiger partial charge is 0.460 e. The van der Waals surface area contributed by atoms with Crippen LogP contribution in [-0.4, -0.2) is 56.0 Å². The minimum absolute atomic E-state index is 0.0562. The lowest BCUT2D eigenvalue weighted by Crippen LogP contribution is -2.54. The summed E-state index contributed by atoms with van der Waals surface area (Å²) in [5, 5.41) is -6.38. The van der Waals surface area contributed by atoms with Crippen LogP contribution in [0.5, 0.6) is 0 Å². The zero-order valence-corrected chi connectivity index (χ0v) is 30.7. The van der Waals surface area contributed by atoms with Gasteiger partial charge < -0.3 is 19.9 Å². The summed E-state index contributed by atoms with van der Waals surface area (Å²) in [7, 11) is 0. The van der Waals surface area contributed by atoms with Gasteiger partial charge in [-0.15, -0.1) is 0 Å². The maximum Gasteiger partial charge on any atom is 0.460 e. The molecule has 0 atom stereocenters. The van der Waals surface area contributed by atoms with Gasteiger partial charge in [0.05, 0.1) is 44.4 Å². The molecule has 28 heteroatoms. The fraction of sp³-hybridized carbons (Fsp3) is 0.158. The van der Waals surface area contributed by atoms with Gasteiger partial charge in [-0.3, -0.25) is 0 Å². The SMILES string of the molecule is Fc1c(F)c(F)c(C2=c3ccc([nH]3)=C(C(F)(F)C(F)(F)C(F)(F)F)c3ccc([nH]3)C(c3c(F)c(F)c(F)c(F)c3F)=c3ccc([nH]3)=C(C(F)(F)C(F)(F)C(F)(F)F)c3ccc2[nH]3)c(F)c1F. The Morgan fingerprint density at radius 3 is 0.788 bits per heavy atom. The third-order valence-electron chi connectivity index (χ3n) is 9.95. The van der Waals surface area contributed by atoms with Gasteiger partial charge in [0.1, 0.15) is 0 Å². The molecule has 2 aromatic carbocycles. The van der Waals surface area contributed by atoms with Gasteiger partial charge in [-0.2, -0.15) is 61.5 Å². The number of rotatable bonds is 6. The molecule has 0 spiro atoms. The lowest BCUT2D eigenvalue weighted by Gasteiger charge is -2.29. The van der Waals surface area contributed by atoms with E-state index in [0.717, 1.165) is 0 Å². The molecule has 6 aromatic rings. The summed E-state index contributed by atoms with van der Waals surface area (Å²) in [5.74, 6) is -56.3. The van der Waals surface area contributed by atoms with Crippen LogP contribution >= 0.6 is 0 Å². The lowest BCUT2D eigenvalue weighted by molar-refractivity contribution is -0.339. The molecule has 4 N–H and O–H groups in total. The van der Waals surface area contributed by atoms with E-state index in [2.05, 4.69) is 0 Å². The first-order valence-corrected chi connectivity index (χ1v) is 17.2. The maximum absolute atomic E-state index is 16.0. The molecular formula is C38H12F24N4. The van der Waals surface area contributed by atoms with Crippen LogP contribution in [0.3, 0.4) is 0 Å². The summed E-state index contributed by atoms with van der Waals surface area (Å²) in [6.45, 7) is 0. The molecule has 0 saturated heterocycles. The highest BCUT2D eigenvalue weighted by molar-refractivity contribution is 5.83. The predicted molar refractivity (Wildman–Crippen MR) is 174 cm³/mol. The molecule has 1 aliphatic rings. The molecule has 0 fully saturated rings. The third kappa shape index (κ3) is 6.66. The first-order valence-electron chi connectivity index (χ1n) is 17.2. The highest BCUT2D eigenvalue weighted by Gasteiger charge is 2.75. The predicted octanol–water partition coefficient (Wildman–Crippen LogP) is 9.26. The number of H-pyrrole nitrogens is 4. The van der Waals surface area contributed by atoms with E-state index in [1.807, 2.05) is 0 Å². The van der Waals surface area contributed by atoms with Crippen molar-refractivity contribution in [1.29, 1.82) is 0 Å². The van der Waals surface area contributed by atoms with E-state index < -0.39 is 172 Å². The first-order chi connectivity index (χ1) is 30.2. The van der Waals surface area contributed by atoms with Crippen LogP contribution in [0.4, 0.5) is 105 Å². The minimum Gasteiger partial charge on any atom is -0.354 e. The van der Waals surface area contributed by atoms with E-state index in [9.17, 15) is 70.2 Å². The van der Waals surface area contributed by atoms with E-state index in [4.69, 9.17) is 0 Å². The Hall–Kier alpha value is -6.64. The quantitative estimate of drug-likeness (QED) is 0.0732. The average Bonchev–Trinajstić information content (AvgIpc) is 4.07. The Bertz CT molecular complexity index is 2970. The Morgan fingerprint density at radius 1 is 0.273 bits per heavy atom. The highest BCUT2D eigenvalue weighted by Crippen LogP contribution is 2.53. The molecule has 1 aliphatic heterocycles. The van der Waals surface area contributed by atoms with Crippen LogP contribution in [0.1, 0.15) is 33.9 Å². The van der Waals surface area contributed by atoms with Crippen LogP contribution < -0.4 is 21.4 Å². The summed E-state index contributed by atoms with van der Waals surface area (Å²) in [6, 6.07) is 0.920. The standard InChI is InChI=1S/C38H12F24N4/c39-23-19(24(40)28(44)31(47)27(23)43)17-9-1-5-13(63-9)21(33(49,50)35(53,54)37(57,58)59)14-7-3-11(65-14)18(20-25(41)29(45)32(48)30(46)26(20)42)12-4-8-16(66-12)22(15-6-2-10(17)64-15)34(51,52)36(55,56)38(60,61)62/h1-8,63-66H. The average molecular weight is 980 g/mol. The molecule has 352 valence electrons. The zero-order chi connectivity index (χ0) is 49.3. The van der Waals surface area contributed by atoms with Crippen LogP contribution in [0.15, 0.2) is 48.5 Å². The fourth-order valence-electron chi connectivity index (χ4n) is 6.86. The second-order valence-electron chi connectivity index (χ2n) is 13.8. The number of benzene rings is 2.